The molecule has 0 aromatic carbocycles. The van der Waals surface area contributed by atoms with Crippen LogP contribution < -0.4 is 11.1 Å². The fraction of sp³-hybridized carbons (Fsp3) is 0.818. The molecule has 0 spiro atoms. The number of hydrogen-bond donors (Lipinski definition) is 2. The second kappa shape index (κ2) is 4.14. The molecule has 0 radical (unpaired) electrons. The predicted molar refractivity (Wildman–Crippen MR) is 61.2 cm³/mol. The number of nitrogens with zero attached hydrogens (tertiary/aromatic N) is 3. The fourth-order valence-electron chi connectivity index (χ4n) is 2.60. The summed E-state index contributed by atoms with van der Waals surface area (Å²) < 4.78 is 2.06. The Morgan fingerprint density at radius 1 is 1.25 bits per heavy atom. The highest BCUT2D eigenvalue weighted by Crippen LogP contribution is 2.23. The first-order valence-electron chi connectivity index (χ1n) is 6.23. The van der Waals surface area contributed by atoms with Crippen molar-refractivity contribution in [2.75, 3.05) is 13.1 Å². The molecule has 5 nitrogen and oxygen atoms in total. The van der Waals surface area contributed by atoms with Gasteiger partial charge in [0.1, 0.15) is 5.82 Å². The first-order valence-corrected chi connectivity index (χ1v) is 6.23. The molecule has 0 bridgehead atoms. The Hall–Kier alpha value is -0.940. The molecule has 1 aromatic heterocycles. The zero-order chi connectivity index (χ0) is 11.0. The minimum Gasteiger partial charge on any atom is -0.327 e. The van der Waals surface area contributed by atoms with Gasteiger partial charge in [0, 0.05) is 24.9 Å². The summed E-state index contributed by atoms with van der Waals surface area (Å²) in [7, 11) is 0. The topological polar surface area (TPSA) is 68.8 Å². The van der Waals surface area contributed by atoms with Gasteiger partial charge in [-0.3, -0.25) is 0 Å². The van der Waals surface area contributed by atoms with Crippen molar-refractivity contribution in [3.05, 3.63) is 11.6 Å². The van der Waals surface area contributed by atoms with E-state index in [9.17, 15) is 0 Å². The zero-order valence-corrected chi connectivity index (χ0v) is 9.52. The van der Waals surface area contributed by atoms with Crippen molar-refractivity contribution in [3.63, 3.8) is 0 Å². The van der Waals surface area contributed by atoms with Crippen LogP contribution in [0.4, 0.5) is 0 Å². The molecule has 1 unspecified atom stereocenters. The van der Waals surface area contributed by atoms with Crippen molar-refractivity contribution in [2.24, 2.45) is 5.73 Å². The van der Waals surface area contributed by atoms with Crippen LogP contribution in [-0.4, -0.2) is 33.9 Å². The Morgan fingerprint density at radius 2 is 2.06 bits per heavy atom. The molecule has 0 saturated carbocycles. The Morgan fingerprint density at radius 3 is 2.88 bits per heavy atom. The molecule has 1 aromatic rings. The summed E-state index contributed by atoms with van der Waals surface area (Å²) in [6, 6.07) is 0.276. The first kappa shape index (κ1) is 10.2. The van der Waals surface area contributed by atoms with E-state index in [4.69, 9.17) is 5.73 Å². The number of piperidine rings is 1. The van der Waals surface area contributed by atoms with Crippen LogP contribution in [0.3, 0.4) is 0 Å². The van der Waals surface area contributed by atoms with E-state index in [1.54, 1.807) is 0 Å². The lowest BCUT2D eigenvalue weighted by Gasteiger charge is -2.19. The van der Waals surface area contributed by atoms with Gasteiger partial charge in [-0.1, -0.05) is 0 Å². The largest absolute Gasteiger partial charge is 0.327 e. The fourth-order valence-corrected chi connectivity index (χ4v) is 2.60. The van der Waals surface area contributed by atoms with Gasteiger partial charge in [0.05, 0.1) is 0 Å². The molecule has 1 atom stereocenters. The number of aromatic nitrogens is 3. The van der Waals surface area contributed by atoms with Crippen LogP contribution in [0, 0.1) is 0 Å². The monoisotopic (exact) mass is 221 g/mol. The van der Waals surface area contributed by atoms with Crippen molar-refractivity contribution in [2.45, 2.75) is 44.2 Å². The van der Waals surface area contributed by atoms with Crippen LogP contribution in [0.1, 0.15) is 36.8 Å². The Balaban J connectivity index is 1.80. The van der Waals surface area contributed by atoms with Crippen LogP contribution in [0.2, 0.25) is 0 Å². The molecule has 0 amide bonds. The maximum atomic E-state index is 5.95. The van der Waals surface area contributed by atoms with E-state index >= 15 is 0 Å². The number of rotatable bonds is 1. The SMILES string of the molecule is NC1CCn2nc(C3CCNCC3)nc2C1. The summed E-state index contributed by atoms with van der Waals surface area (Å²) >= 11 is 0. The molecule has 2 aliphatic rings. The van der Waals surface area contributed by atoms with Gasteiger partial charge in [-0.15, -0.1) is 0 Å². The molecule has 88 valence electrons. The van der Waals surface area contributed by atoms with Crippen molar-refractivity contribution >= 4 is 0 Å². The van der Waals surface area contributed by atoms with Crippen LogP contribution >= 0.6 is 0 Å². The maximum Gasteiger partial charge on any atom is 0.154 e. The van der Waals surface area contributed by atoms with Gasteiger partial charge in [-0.2, -0.15) is 5.10 Å². The van der Waals surface area contributed by atoms with Crippen molar-refractivity contribution in [1.82, 2.24) is 20.1 Å². The van der Waals surface area contributed by atoms with Gasteiger partial charge in [0.15, 0.2) is 5.82 Å². The quantitative estimate of drug-likeness (QED) is 0.701. The minimum atomic E-state index is 0.276. The van der Waals surface area contributed by atoms with Crippen LogP contribution in [0.15, 0.2) is 0 Å². The molecule has 1 saturated heterocycles. The highest BCUT2D eigenvalue weighted by atomic mass is 15.4. The number of nitrogens with one attached hydrogen (secondary N) is 1. The second-order valence-electron chi connectivity index (χ2n) is 4.89. The molecule has 1 fully saturated rings. The van der Waals surface area contributed by atoms with E-state index in [-0.39, 0.29) is 6.04 Å². The third kappa shape index (κ3) is 1.85. The summed E-state index contributed by atoms with van der Waals surface area (Å²) in [5, 5.41) is 8.00. The van der Waals surface area contributed by atoms with Gasteiger partial charge in [-0.05, 0) is 32.4 Å². The molecule has 0 aliphatic carbocycles. The summed E-state index contributed by atoms with van der Waals surface area (Å²) in [6.45, 7) is 3.12. The summed E-state index contributed by atoms with van der Waals surface area (Å²) in [5.41, 5.74) is 5.95. The number of aryl methyl sites for hydroxylation is 1. The molecule has 3 rings (SSSR count). The van der Waals surface area contributed by atoms with Gasteiger partial charge in [-0.25, -0.2) is 9.67 Å². The predicted octanol–water partition coefficient (Wildman–Crippen LogP) is 0.0186. The molecule has 16 heavy (non-hydrogen) atoms. The van der Waals surface area contributed by atoms with Crippen LogP contribution in [0.5, 0.6) is 0 Å². The lowest BCUT2D eigenvalue weighted by Crippen LogP contribution is -2.31. The number of hydrogen-bond acceptors (Lipinski definition) is 4. The van der Waals surface area contributed by atoms with Gasteiger partial charge in [0.2, 0.25) is 0 Å². The maximum absolute atomic E-state index is 5.95. The third-order valence-corrected chi connectivity index (χ3v) is 3.63. The Bertz CT molecular complexity index is 366. The highest BCUT2D eigenvalue weighted by molar-refractivity contribution is 5.04. The summed E-state index contributed by atoms with van der Waals surface area (Å²) in [6.07, 6.45) is 4.24. The lowest BCUT2D eigenvalue weighted by molar-refractivity contribution is 0.422. The van der Waals surface area contributed by atoms with E-state index in [0.29, 0.717) is 5.92 Å². The number of fused-ring (bicyclic) bond motifs is 1. The molecule has 3 N–H and O–H groups in total. The highest BCUT2D eigenvalue weighted by Gasteiger charge is 2.24. The van der Waals surface area contributed by atoms with E-state index in [0.717, 1.165) is 57.0 Å². The van der Waals surface area contributed by atoms with E-state index in [2.05, 4.69) is 20.1 Å². The number of nitrogens with two attached hydrogens (primary N) is 1. The van der Waals surface area contributed by atoms with E-state index < -0.39 is 0 Å². The van der Waals surface area contributed by atoms with E-state index in [1.165, 1.54) is 0 Å². The Kier molecular flexibility index (Phi) is 2.65. The smallest absolute Gasteiger partial charge is 0.154 e. The molecule has 5 heteroatoms. The van der Waals surface area contributed by atoms with Gasteiger partial charge < -0.3 is 11.1 Å². The lowest BCUT2D eigenvalue weighted by atomic mass is 9.98. The second-order valence-corrected chi connectivity index (χ2v) is 4.89. The average molecular weight is 221 g/mol. The van der Waals surface area contributed by atoms with Crippen molar-refractivity contribution in [3.8, 4) is 0 Å². The third-order valence-electron chi connectivity index (χ3n) is 3.63. The molecule has 2 aliphatic heterocycles. The molecule has 3 heterocycles. The molecular weight excluding hydrogens is 202 g/mol. The van der Waals surface area contributed by atoms with Gasteiger partial charge >= 0.3 is 0 Å². The normalized spacial score (nSPS) is 26.7. The zero-order valence-electron chi connectivity index (χ0n) is 9.52. The summed E-state index contributed by atoms with van der Waals surface area (Å²) in [4.78, 5) is 4.67. The van der Waals surface area contributed by atoms with Crippen LogP contribution in [-0.2, 0) is 13.0 Å². The minimum absolute atomic E-state index is 0.276. The Labute approximate surface area is 95.4 Å². The van der Waals surface area contributed by atoms with Crippen molar-refractivity contribution < 1.29 is 0 Å². The van der Waals surface area contributed by atoms with Crippen LogP contribution in [0.25, 0.3) is 0 Å². The van der Waals surface area contributed by atoms with Crippen molar-refractivity contribution in [1.29, 1.82) is 0 Å². The standard InChI is InChI=1S/C11H19N5/c12-9-3-6-16-10(7-9)14-11(15-16)8-1-4-13-5-2-8/h8-9,13H,1-7,12H2. The molecular formula is C11H19N5. The average Bonchev–Trinajstić information content (AvgIpc) is 2.73. The first-order chi connectivity index (χ1) is 7.83. The van der Waals surface area contributed by atoms with E-state index in [1.807, 2.05) is 0 Å². The summed E-state index contributed by atoms with van der Waals surface area (Å²) in [5.74, 6) is 2.69. The van der Waals surface area contributed by atoms with Gasteiger partial charge in [0.25, 0.3) is 0 Å².